The molecule has 3 heteroatoms. The molecule has 1 rings (SSSR count). The minimum Gasteiger partial charge on any atom is -0.325 e. The summed E-state index contributed by atoms with van der Waals surface area (Å²) in [7, 11) is 0. The fourth-order valence-electron chi connectivity index (χ4n) is 0.927. The first-order chi connectivity index (χ1) is 5.27. The van der Waals surface area contributed by atoms with E-state index in [9.17, 15) is 0 Å². The van der Waals surface area contributed by atoms with E-state index in [4.69, 9.17) is 5.73 Å². The average molecular weight is 168 g/mol. The average Bonchev–Trinajstić information content (AvgIpc) is 2.04. The van der Waals surface area contributed by atoms with Crippen molar-refractivity contribution in [2.45, 2.75) is 18.4 Å². The largest absolute Gasteiger partial charge is 0.325 e. The Morgan fingerprint density at radius 1 is 1.64 bits per heavy atom. The fourth-order valence-corrected chi connectivity index (χ4v) is 1.47. The zero-order valence-corrected chi connectivity index (χ0v) is 7.61. The predicted molar refractivity (Wildman–Crippen MR) is 48.6 cm³/mol. The van der Waals surface area contributed by atoms with Gasteiger partial charge in [-0.2, -0.15) is 0 Å². The Bertz CT molecular complexity index is 248. The van der Waals surface area contributed by atoms with Crippen LogP contribution in [0.3, 0.4) is 0 Å². The van der Waals surface area contributed by atoms with Gasteiger partial charge >= 0.3 is 0 Å². The lowest BCUT2D eigenvalue weighted by Crippen LogP contribution is -1.99. The van der Waals surface area contributed by atoms with Crippen molar-refractivity contribution in [3.8, 4) is 0 Å². The van der Waals surface area contributed by atoms with E-state index in [1.54, 1.807) is 11.8 Å². The van der Waals surface area contributed by atoms with Crippen molar-refractivity contribution < 1.29 is 0 Å². The maximum absolute atomic E-state index is 5.44. The summed E-state index contributed by atoms with van der Waals surface area (Å²) in [6, 6.07) is 2.03. The molecule has 0 saturated carbocycles. The Hall–Kier alpha value is -0.540. The van der Waals surface area contributed by atoms with Crippen LogP contribution in [0.5, 0.6) is 0 Å². The Balaban J connectivity index is 2.99. The van der Waals surface area contributed by atoms with Crippen LogP contribution in [-0.4, -0.2) is 11.2 Å². The van der Waals surface area contributed by atoms with Crippen molar-refractivity contribution in [3.63, 3.8) is 0 Å². The highest BCUT2D eigenvalue weighted by Gasteiger charge is 1.97. The third-order valence-corrected chi connectivity index (χ3v) is 2.42. The maximum atomic E-state index is 5.44. The molecule has 2 nitrogen and oxygen atoms in total. The molecular formula is C8H12N2S. The minimum absolute atomic E-state index is 0.523. The molecular weight excluding hydrogens is 156 g/mol. The first-order valence-electron chi connectivity index (χ1n) is 3.47. The summed E-state index contributed by atoms with van der Waals surface area (Å²) < 4.78 is 0. The molecule has 0 spiro atoms. The van der Waals surface area contributed by atoms with Gasteiger partial charge in [0.25, 0.3) is 0 Å². The molecule has 0 aromatic carbocycles. The number of rotatable bonds is 2. The molecule has 0 bridgehead atoms. The van der Waals surface area contributed by atoms with Gasteiger partial charge in [0.1, 0.15) is 0 Å². The first kappa shape index (κ1) is 8.56. The molecule has 0 saturated heterocycles. The molecule has 1 heterocycles. The maximum Gasteiger partial charge on any atom is 0.0542 e. The highest BCUT2D eigenvalue weighted by molar-refractivity contribution is 7.98. The second-order valence-corrected chi connectivity index (χ2v) is 3.20. The summed E-state index contributed by atoms with van der Waals surface area (Å²) in [5, 5.41) is 0. The van der Waals surface area contributed by atoms with Gasteiger partial charge in [0.15, 0.2) is 0 Å². The van der Waals surface area contributed by atoms with Gasteiger partial charge in [-0.15, -0.1) is 11.8 Å². The number of aryl methyl sites for hydroxylation is 1. The molecule has 0 aliphatic carbocycles. The van der Waals surface area contributed by atoms with Gasteiger partial charge < -0.3 is 5.73 Å². The highest BCUT2D eigenvalue weighted by atomic mass is 32.2. The lowest BCUT2D eigenvalue weighted by molar-refractivity contribution is 0.966. The van der Waals surface area contributed by atoms with Gasteiger partial charge in [-0.1, -0.05) is 0 Å². The SMILES string of the molecule is CSc1cnc(CN)cc1C. The third kappa shape index (κ3) is 1.94. The van der Waals surface area contributed by atoms with Crippen LogP contribution in [0.15, 0.2) is 17.2 Å². The van der Waals surface area contributed by atoms with Crippen molar-refractivity contribution in [1.82, 2.24) is 4.98 Å². The van der Waals surface area contributed by atoms with Crippen molar-refractivity contribution in [2.75, 3.05) is 6.26 Å². The normalized spacial score (nSPS) is 10.1. The van der Waals surface area contributed by atoms with E-state index < -0.39 is 0 Å². The van der Waals surface area contributed by atoms with Gasteiger partial charge in [0, 0.05) is 17.6 Å². The van der Waals surface area contributed by atoms with Gasteiger partial charge in [0.2, 0.25) is 0 Å². The van der Waals surface area contributed by atoms with Crippen molar-refractivity contribution >= 4 is 11.8 Å². The summed E-state index contributed by atoms with van der Waals surface area (Å²) in [6.45, 7) is 2.60. The molecule has 2 N–H and O–H groups in total. The molecule has 60 valence electrons. The van der Waals surface area contributed by atoms with Crippen molar-refractivity contribution in [2.24, 2.45) is 5.73 Å². The molecule has 0 atom stereocenters. The van der Waals surface area contributed by atoms with Gasteiger partial charge in [-0.3, -0.25) is 4.98 Å². The van der Waals surface area contributed by atoms with Crippen LogP contribution in [-0.2, 0) is 6.54 Å². The molecule has 1 aromatic rings. The third-order valence-electron chi connectivity index (χ3n) is 1.55. The van der Waals surface area contributed by atoms with Crippen LogP contribution in [0.1, 0.15) is 11.3 Å². The highest BCUT2D eigenvalue weighted by Crippen LogP contribution is 2.18. The molecule has 0 unspecified atom stereocenters. The number of pyridine rings is 1. The zero-order valence-electron chi connectivity index (χ0n) is 6.79. The Morgan fingerprint density at radius 3 is 2.82 bits per heavy atom. The quantitative estimate of drug-likeness (QED) is 0.681. The van der Waals surface area contributed by atoms with E-state index in [2.05, 4.69) is 11.9 Å². The molecule has 0 aliphatic heterocycles. The number of hydrogen-bond acceptors (Lipinski definition) is 3. The molecule has 0 fully saturated rings. The summed E-state index contributed by atoms with van der Waals surface area (Å²) in [4.78, 5) is 5.41. The molecule has 0 radical (unpaired) electrons. The van der Waals surface area contributed by atoms with Crippen LogP contribution in [0.25, 0.3) is 0 Å². The van der Waals surface area contributed by atoms with Crippen LogP contribution in [0.2, 0.25) is 0 Å². The van der Waals surface area contributed by atoms with Crippen molar-refractivity contribution in [1.29, 1.82) is 0 Å². The second kappa shape index (κ2) is 3.74. The lowest BCUT2D eigenvalue weighted by Gasteiger charge is -2.02. The summed E-state index contributed by atoms with van der Waals surface area (Å²) in [5.74, 6) is 0. The van der Waals surface area contributed by atoms with Crippen LogP contribution >= 0.6 is 11.8 Å². The summed E-state index contributed by atoms with van der Waals surface area (Å²) in [5.41, 5.74) is 7.66. The van der Waals surface area contributed by atoms with E-state index in [0.717, 1.165) is 5.69 Å². The topological polar surface area (TPSA) is 38.9 Å². The van der Waals surface area contributed by atoms with Crippen molar-refractivity contribution in [3.05, 3.63) is 23.5 Å². The molecule has 1 aromatic heterocycles. The summed E-state index contributed by atoms with van der Waals surface area (Å²) >= 11 is 1.71. The van der Waals surface area contributed by atoms with Crippen LogP contribution in [0, 0.1) is 6.92 Å². The summed E-state index contributed by atoms with van der Waals surface area (Å²) in [6.07, 6.45) is 3.92. The lowest BCUT2D eigenvalue weighted by atomic mass is 10.2. The number of aromatic nitrogens is 1. The Morgan fingerprint density at radius 2 is 2.36 bits per heavy atom. The standard InChI is InChI=1S/C8H12N2S/c1-6-3-7(4-9)10-5-8(6)11-2/h3,5H,4,9H2,1-2H3. The van der Waals surface area contributed by atoms with E-state index in [1.165, 1.54) is 10.5 Å². The Labute approximate surface area is 71.2 Å². The minimum atomic E-state index is 0.523. The van der Waals surface area contributed by atoms with E-state index in [0.29, 0.717) is 6.54 Å². The van der Waals surface area contributed by atoms with Crippen LogP contribution < -0.4 is 5.73 Å². The van der Waals surface area contributed by atoms with E-state index >= 15 is 0 Å². The molecule has 0 aliphatic rings. The predicted octanol–water partition coefficient (Wildman–Crippen LogP) is 1.57. The molecule has 11 heavy (non-hydrogen) atoms. The van der Waals surface area contributed by atoms with Gasteiger partial charge in [-0.05, 0) is 24.8 Å². The van der Waals surface area contributed by atoms with Gasteiger partial charge in [-0.25, -0.2) is 0 Å². The monoisotopic (exact) mass is 168 g/mol. The Kier molecular flexibility index (Phi) is 2.91. The fraction of sp³-hybridized carbons (Fsp3) is 0.375. The zero-order chi connectivity index (χ0) is 8.27. The second-order valence-electron chi connectivity index (χ2n) is 2.35. The number of nitrogens with zero attached hydrogens (tertiary/aromatic N) is 1. The first-order valence-corrected chi connectivity index (χ1v) is 4.70. The number of hydrogen-bond donors (Lipinski definition) is 1. The van der Waals surface area contributed by atoms with Gasteiger partial charge in [0.05, 0.1) is 5.69 Å². The van der Waals surface area contributed by atoms with Crippen LogP contribution in [0.4, 0.5) is 0 Å². The van der Waals surface area contributed by atoms with E-state index in [-0.39, 0.29) is 0 Å². The number of thioether (sulfide) groups is 1. The van der Waals surface area contributed by atoms with E-state index in [1.807, 2.05) is 18.5 Å². The smallest absolute Gasteiger partial charge is 0.0542 e. The number of nitrogens with two attached hydrogens (primary N) is 1. The molecule has 0 amide bonds.